The summed E-state index contributed by atoms with van der Waals surface area (Å²) in [6, 6.07) is 8.38. The van der Waals surface area contributed by atoms with Crippen molar-refractivity contribution in [2.24, 2.45) is 5.92 Å². The number of fused-ring (bicyclic) bond motifs is 1. The fourth-order valence-corrected chi connectivity index (χ4v) is 2.25. The SMILES string of the molecule is CC(C)CC(O)CNCc1ccc2cnccc2c1. The van der Waals surface area contributed by atoms with Crippen molar-refractivity contribution in [3.63, 3.8) is 0 Å². The molecule has 0 aliphatic heterocycles. The van der Waals surface area contributed by atoms with Gasteiger partial charge in [-0.2, -0.15) is 0 Å². The summed E-state index contributed by atoms with van der Waals surface area (Å²) < 4.78 is 0. The van der Waals surface area contributed by atoms with Gasteiger partial charge in [0.05, 0.1) is 6.10 Å². The highest BCUT2D eigenvalue weighted by Gasteiger charge is 2.06. The number of nitrogens with one attached hydrogen (secondary N) is 1. The number of rotatable bonds is 6. The maximum absolute atomic E-state index is 9.80. The molecule has 0 aliphatic carbocycles. The molecule has 0 bridgehead atoms. The first kappa shape index (κ1) is 14.0. The van der Waals surface area contributed by atoms with Gasteiger partial charge in [0.2, 0.25) is 0 Å². The third-order valence-electron chi connectivity index (χ3n) is 3.16. The van der Waals surface area contributed by atoms with Crippen LogP contribution in [0.4, 0.5) is 0 Å². The van der Waals surface area contributed by atoms with Crippen LogP contribution in [-0.2, 0) is 6.54 Å². The van der Waals surface area contributed by atoms with Crippen LogP contribution in [0.2, 0.25) is 0 Å². The highest BCUT2D eigenvalue weighted by atomic mass is 16.3. The molecule has 2 rings (SSSR count). The Kier molecular flexibility index (Phi) is 4.88. The molecule has 3 nitrogen and oxygen atoms in total. The van der Waals surface area contributed by atoms with Gasteiger partial charge in [-0.25, -0.2) is 0 Å². The summed E-state index contributed by atoms with van der Waals surface area (Å²) in [5.41, 5.74) is 1.23. The quantitative estimate of drug-likeness (QED) is 0.837. The Morgan fingerprint density at radius 3 is 2.84 bits per heavy atom. The number of aliphatic hydroxyl groups excluding tert-OH is 1. The lowest BCUT2D eigenvalue weighted by atomic mass is 10.1. The Morgan fingerprint density at radius 2 is 2.05 bits per heavy atom. The topological polar surface area (TPSA) is 45.1 Å². The van der Waals surface area contributed by atoms with Crippen molar-refractivity contribution in [2.45, 2.75) is 32.9 Å². The lowest BCUT2D eigenvalue weighted by molar-refractivity contribution is 0.146. The third kappa shape index (κ3) is 4.30. The fourth-order valence-electron chi connectivity index (χ4n) is 2.25. The van der Waals surface area contributed by atoms with Crippen LogP contribution in [0.15, 0.2) is 36.7 Å². The van der Waals surface area contributed by atoms with E-state index < -0.39 is 0 Å². The van der Waals surface area contributed by atoms with Gasteiger partial charge in [-0.3, -0.25) is 4.98 Å². The molecule has 0 saturated heterocycles. The second kappa shape index (κ2) is 6.64. The zero-order valence-corrected chi connectivity index (χ0v) is 11.6. The number of pyridine rings is 1. The molecule has 19 heavy (non-hydrogen) atoms. The van der Waals surface area contributed by atoms with Crippen LogP contribution in [0, 0.1) is 5.92 Å². The van der Waals surface area contributed by atoms with Crippen molar-refractivity contribution >= 4 is 10.8 Å². The number of aliphatic hydroxyl groups is 1. The average Bonchev–Trinajstić information content (AvgIpc) is 2.37. The van der Waals surface area contributed by atoms with Crippen LogP contribution in [0.3, 0.4) is 0 Å². The van der Waals surface area contributed by atoms with Crippen molar-refractivity contribution in [2.75, 3.05) is 6.54 Å². The Morgan fingerprint density at radius 1 is 1.21 bits per heavy atom. The molecule has 1 aromatic heterocycles. The van der Waals surface area contributed by atoms with Crippen LogP contribution < -0.4 is 5.32 Å². The third-order valence-corrected chi connectivity index (χ3v) is 3.16. The molecule has 1 atom stereocenters. The van der Waals surface area contributed by atoms with Gasteiger partial charge in [0.25, 0.3) is 0 Å². The second-order valence-corrected chi connectivity index (χ2v) is 5.47. The molecular formula is C16H22N2O. The number of benzene rings is 1. The molecule has 0 amide bonds. The minimum absolute atomic E-state index is 0.260. The van der Waals surface area contributed by atoms with Gasteiger partial charge in [0, 0.05) is 30.9 Å². The summed E-state index contributed by atoms with van der Waals surface area (Å²) in [7, 11) is 0. The van der Waals surface area contributed by atoms with Gasteiger partial charge in [-0.15, -0.1) is 0 Å². The Labute approximate surface area is 114 Å². The molecule has 0 saturated carbocycles. The highest BCUT2D eigenvalue weighted by molar-refractivity contribution is 5.81. The van der Waals surface area contributed by atoms with E-state index in [0.717, 1.165) is 18.4 Å². The van der Waals surface area contributed by atoms with Crippen LogP contribution in [0.5, 0.6) is 0 Å². The molecule has 0 aliphatic rings. The fraction of sp³-hybridized carbons (Fsp3) is 0.438. The first-order valence-electron chi connectivity index (χ1n) is 6.86. The summed E-state index contributed by atoms with van der Waals surface area (Å²) >= 11 is 0. The van der Waals surface area contributed by atoms with Gasteiger partial charge in [-0.05, 0) is 35.4 Å². The normalized spacial score (nSPS) is 13.1. The number of aromatic nitrogens is 1. The van der Waals surface area contributed by atoms with E-state index in [0.29, 0.717) is 12.5 Å². The maximum atomic E-state index is 9.80. The Balaban J connectivity index is 1.88. The molecule has 0 fully saturated rings. The van der Waals surface area contributed by atoms with Crippen molar-refractivity contribution in [3.8, 4) is 0 Å². The van der Waals surface area contributed by atoms with Gasteiger partial charge in [-0.1, -0.05) is 26.0 Å². The molecule has 0 spiro atoms. The summed E-state index contributed by atoms with van der Waals surface area (Å²) in [4.78, 5) is 4.11. The number of hydrogen-bond acceptors (Lipinski definition) is 3. The maximum Gasteiger partial charge on any atom is 0.0667 e. The predicted octanol–water partition coefficient (Wildman–Crippen LogP) is 2.73. The molecule has 2 N–H and O–H groups in total. The summed E-state index contributed by atoms with van der Waals surface area (Å²) in [5.74, 6) is 0.532. The molecule has 2 aromatic rings. The molecule has 1 heterocycles. The summed E-state index contributed by atoms with van der Waals surface area (Å²) in [5, 5.41) is 15.5. The van der Waals surface area contributed by atoms with Crippen molar-refractivity contribution in [1.82, 2.24) is 10.3 Å². The molecule has 1 unspecified atom stereocenters. The van der Waals surface area contributed by atoms with Crippen molar-refractivity contribution in [3.05, 3.63) is 42.2 Å². The molecule has 102 valence electrons. The average molecular weight is 258 g/mol. The van der Waals surface area contributed by atoms with Gasteiger partial charge in [0.15, 0.2) is 0 Å². The molecule has 1 aromatic carbocycles. The van der Waals surface area contributed by atoms with E-state index in [-0.39, 0.29) is 6.10 Å². The Bertz CT molecular complexity index is 525. The minimum Gasteiger partial charge on any atom is -0.392 e. The lowest BCUT2D eigenvalue weighted by Gasteiger charge is -2.14. The zero-order valence-electron chi connectivity index (χ0n) is 11.6. The van der Waals surface area contributed by atoms with Crippen LogP contribution in [0.25, 0.3) is 10.8 Å². The van der Waals surface area contributed by atoms with Gasteiger partial charge >= 0.3 is 0 Å². The van der Waals surface area contributed by atoms with E-state index in [1.807, 2.05) is 18.5 Å². The monoisotopic (exact) mass is 258 g/mol. The second-order valence-electron chi connectivity index (χ2n) is 5.47. The summed E-state index contributed by atoms with van der Waals surface area (Å²) in [6.07, 6.45) is 4.27. The van der Waals surface area contributed by atoms with Crippen molar-refractivity contribution < 1.29 is 5.11 Å². The number of nitrogens with zero attached hydrogens (tertiary/aromatic N) is 1. The van der Waals surface area contributed by atoms with Crippen molar-refractivity contribution in [1.29, 1.82) is 0 Å². The van der Waals surface area contributed by atoms with Crippen LogP contribution in [-0.4, -0.2) is 22.7 Å². The molecule has 0 radical (unpaired) electrons. The standard InChI is InChI=1S/C16H22N2O/c1-12(2)7-16(19)11-18-9-13-3-4-15-10-17-6-5-14(15)8-13/h3-6,8,10,12,16,18-19H,7,9,11H2,1-2H3. The first-order chi connectivity index (χ1) is 9.15. The van der Waals surface area contributed by atoms with Gasteiger partial charge in [0.1, 0.15) is 0 Å². The highest BCUT2D eigenvalue weighted by Crippen LogP contribution is 2.14. The zero-order chi connectivity index (χ0) is 13.7. The van der Waals surface area contributed by atoms with E-state index >= 15 is 0 Å². The number of hydrogen-bond donors (Lipinski definition) is 2. The van der Waals surface area contributed by atoms with E-state index in [4.69, 9.17) is 0 Å². The summed E-state index contributed by atoms with van der Waals surface area (Å²) in [6.45, 7) is 5.68. The van der Waals surface area contributed by atoms with Gasteiger partial charge < -0.3 is 10.4 Å². The Hall–Kier alpha value is -1.45. The minimum atomic E-state index is -0.260. The smallest absolute Gasteiger partial charge is 0.0667 e. The molecular weight excluding hydrogens is 236 g/mol. The predicted molar refractivity (Wildman–Crippen MR) is 78.9 cm³/mol. The largest absolute Gasteiger partial charge is 0.392 e. The van der Waals surface area contributed by atoms with E-state index in [1.54, 1.807) is 0 Å². The van der Waals surface area contributed by atoms with E-state index in [9.17, 15) is 5.11 Å². The first-order valence-corrected chi connectivity index (χ1v) is 6.86. The van der Waals surface area contributed by atoms with Crippen LogP contribution in [0.1, 0.15) is 25.8 Å². The molecule has 3 heteroatoms. The lowest BCUT2D eigenvalue weighted by Crippen LogP contribution is -2.27. The van der Waals surface area contributed by atoms with E-state index in [1.165, 1.54) is 10.9 Å². The van der Waals surface area contributed by atoms with E-state index in [2.05, 4.69) is 42.3 Å². The van der Waals surface area contributed by atoms with Crippen LogP contribution >= 0.6 is 0 Å².